The van der Waals surface area contributed by atoms with Crippen LogP contribution in [-0.2, 0) is 4.74 Å². The van der Waals surface area contributed by atoms with Gasteiger partial charge in [-0.05, 0) is 6.42 Å². The lowest BCUT2D eigenvalue weighted by Gasteiger charge is -2.17. The van der Waals surface area contributed by atoms with E-state index < -0.39 is 0 Å². The number of nitrogens with zero attached hydrogens (tertiary/aromatic N) is 2. The summed E-state index contributed by atoms with van der Waals surface area (Å²) in [5, 5.41) is 0.928. The molecule has 1 aliphatic rings. The van der Waals surface area contributed by atoms with Crippen molar-refractivity contribution in [1.82, 2.24) is 4.98 Å². The van der Waals surface area contributed by atoms with Crippen molar-refractivity contribution in [1.29, 1.82) is 0 Å². The summed E-state index contributed by atoms with van der Waals surface area (Å²) in [7, 11) is 0. The molecule has 0 atom stereocenters. The molecule has 2 rings (SSSR count). The number of hydrogen-bond donors (Lipinski definition) is 0. The van der Waals surface area contributed by atoms with E-state index in [2.05, 4.69) is 9.88 Å². The van der Waals surface area contributed by atoms with E-state index in [-0.39, 0.29) is 0 Å². The van der Waals surface area contributed by atoms with Crippen molar-refractivity contribution in [3.63, 3.8) is 0 Å². The third-order valence-electron chi connectivity index (χ3n) is 2.12. The van der Waals surface area contributed by atoms with Gasteiger partial charge in [0.2, 0.25) is 0 Å². The molecule has 0 aliphatic carbocycles. The molecule has 1 aliphatic heterocycles. The molecule has 5 heteroatoms. The topological polar surface area (TPSA) is 42.4 Å². The van der Waals surface area contributed by atoms with Gasteiger partial charge in [0.25, 0.3) is 0 Å². The molecule has 4 nitrogen and oxygen atoms in total. The first-order valence-corrected chi connectivity index (χ1v) is 5.45. The Labute approximate surface area is 86.5 Å². The molecule has 1 fully saturated rings. The molecule has 0 unspecified atom stereocenters. The number of hydrogen-bond acceptors (Lipinski definition) is 5. The Morgan fingerprint density at radius 1 is 1.50 bits per heavy atom. The van der Waals surface area contributed by atoms with Gasteiger partial charge in [-0.3, -0.25) is 4.79 Å². The Balaban J connectivity index is 2.08. The second-order valence-electron chi connectivity index (χ2n) is 3.12. The predicted octanol–water partition coefficient (Wildman–Crippen LogP) is 1.18. The van der Waals surface area contributed by atoms with E-state index >= 15 is 0 Å². The molecule has 0 spiro atoms. The molecule has 0 N–H and O–H groups in total. The number of anilines is 1. The highest BCUT2D eigenvalue weighted by Gasteiger charge is 2.13. The van der Waals surface area contributed by atoms with Gasteiger partial charge >= 0.3 is 0 Å². The molecule has 1 saturated heterocycles. The van der Waals surface area contributed by atoms with Crippen LogP contribution >= 0.6 is 11.3 Å². The number of ether oxygens (including phenoxy) is 1. The Kier molecular flexibility index (Phi) is 3.10. The molecular formula is C9H12N2O2S. The van der Waals surface area contributed by atoms with Gasteiger partial charge in [-0.25, -0.2) is 4.98 Å². The Bertz CT molecular complexity index is 306. The monoisotopic (exact) mass is 212 g/mol. The normalized spacial score (nSPS) is 17.9. The molecule has 2 heterocycles. The lowest BCUT2D eigenvalue weighted by molar-refractivity contribution is 0.112. The van der Waals surface area contributed by atoms with Crippen molar-refractivity contribution in [2.24, 2.45) is 0 Å². The third-order valence-corrected chi connectivity index (χ3v) is 3.10. The maximum atomic E-state index is 10.5. The summed E-state index contributed by atoms with van der Waals surface area (Å²) in [5.74, 6) is 0. The van der Waals surface area contributed by atoms with Crippen LogP contribution in [0.4, 0.5) is 5.13 Å². The Morgan fingerprint density at radius 2 is 2.43 bits per heavy atom. The van der Waals surface area contributed by atoms with Crippen LogP contribution in [0.2, 0.25) is 0 Å². The summed E-state index contributed by atoms with van der Waals surface area (Å²) in [6.45, 7) is 3.40. The summed E-state index contributed by atoms with van der Waals surface area (Å²) in [6.07, 6.45) is 3.49. The first kappa shape index (κ1) is 9.61. The highest BCUT2D eigenvalue weighted by atomic mass is 32.1. The van der Waals surface area contributed by atoms with E-state index in [1.54, 1.807) is 6.20 Å². The molecule has 76 valence electrons. The molecule has 1 aromatic rings. The molecular weight excluding hydrogens is 200 g/mol. The van der Waals surface area contributed by atoms with Gasteiger partial charge in [-0.2, -0.15) is 0 Å². The Morgan fingerprint density at radius 3 is 3.21 bits per heavy atom. The third kappa shape index (κ3) is 2.10. The van der Waals surface area contributed by atoms with Crippen LogP contribution in [0.3, 0.4) is 0 Å². The molecule has 14 heavy (non-hydrogen) atoms. The van der Waals surface area contributed by atoms with Gasteiger partial charge in [0, 0.05) is 19.7 Å². The van der Waals surface area contributed by atoms with Gasteiger partial charge in [-0.15, -0.1) is 0 Å². The van der Waals surface area contributed by atoms with Gasteiger partial charge in [-0.1, -0.05) is 11.3 Å². The number of aldehydes is 1. The van der Waals surface area contributed by atoms with Crippen molar-refractivity contribution < 1.29 is 9.53 Å². The van der Waals surface area contributed by atoms with Gasteiger partial charge < -0.3 is 9.64 Å². The zero-order valence-electron chi connectivity index (χ0n) is 7.81. The lowest BCUT2D eigenvalue weighted by Crippen LogP contribution is -2.25. The van der Waals surface area contributed by atoms with Crippen LogP contribution in [-0.4, -0.2) is 37.6 Å². The van der Waals surface area contributed by atoms with E-state index in [1.807, 2.05) is 0 Å². The zero-order valence-corrected chi connectivity index (χ0v) is 8.63. The lowest BCUT2D eigenvalue weighted by atomic mass is 10.4. The highest BCUT2D eigenvalue weighted by Crippen LogP contribution is 2.21. The van der Waals surface area contributed by atoms with E-state index in [0.29, 0.717) is 4.88 Å². The van der Waals surface area contributed by atoms with Crippen LogP contribution in [0.5, 0.6) is 0 Å². The molecule has 0 bridgehead atoms. The predicted molar refractivity (Wildman–Crippen MR) is 55.2 cm³/mol. The summed E-state index contributed by atoms with van der Waals surface area (Å²) in [6, 6.07) is 0. The minimum Gasteiger partial charge on any atom is -0.380 e. The summed E-state index contributed by atoms with van der Waals surface area (Å²) in [4.78, 5) is 17.6. The highest BCUT2D eigenvalue weighted by molar-refractivity contribution is 7.17. The van der Waals surface area contributed by atoms with Gasteiger partial charge in [0.15, 0.2) is 11.4 Å². The second kappa shape index (κ2) is 4.52. The number of aromatic nitrogens is 1. The largest absolute Gasteiger partial charge is 0.380 e. The van der Waals surface area contributed by atoms with Crippen molar-refractivity contribution >= 4 is 22.8 Å². The standard InChI is InChI=1S/C9H12N2O2S/c12-7-8-6-10-9(14-8)11-2-1-4-13-5-3-11/h6-7H,1-5H2. The molecule has 0 amide bonds. The van der Waals surface area contributed by atoms with Crippen molar-refractivity contribution in [2.75, 3.05) is 31.2 Å². The van der Waals surface area contributed by atoms with Crippen molar-refractivity contribution in [2.45, 2.75) is 6.42 Å². The van der Waals surface area contributed by atoms with Crippen LogP contribution in [0.1, 0.15) is 16.1 Å². The summed E-state index contributed by atoms with van der Waals surface area (Å²) in [5.41, 5.74) is 0. The maximum absolute atomic E-state index is 10.5. The van der Waals surface area contributed by atoms with Crippen LogP contribution in [0, 0.1) is 0 Å². The fourth-order valence-corrected chi connectivity index (χ4v) is 2.20. The number of rotatable bonds is 2. The molecule has 1 aromatic heterocycles. The van der Waals surface area contributed by atoms with Crippen LogP contribution in [0.15, 0.2) is 6.20 Å². The number of thiazole rings is 1. The van der Waals surface area contributed by atoms with Crippen molar-refractivity contribution in [3.8, 4) is 0 Å². The van der Waals surface area contributed by atoms with Gasteiger partial charge in [0.1, 0.15) is 0 Å². The Hall–Kier alpha value is -0.940. The molecule has 0 radical (unpaired) electrons. The van der Waals surface area contributed by atoms with E-state index in [4.69, 9.17) is 4.74 Å². The molecule has 0 saturated carbocycles. The fourth-order valence-electron chi connectivity index (χ4n) is 1.42. The van der Waals surface area contributed by atoms with Crippen LogP contribution in [0.25, 0.3) is 0 Å². The average Bonchev–Trinajstić information content (AvgIpc) is 2.53. The van der Waals surface area contributed by atoms with Gasteiger partial charge in [0.05, 0.1) is 17.7 Å². The quantitative estimate of drug-likeness (QED) is 0.690. The zero-order chi connectivity index (χ0) is 9.80. The average molecular weight is 212 g/mol. The van der Waals surface area contributed by atoms with Crippen molar-refractivity contribution in [3.05, 3.63) is 11.1 Å². The minimum absolute atomic E-state index is 0.685. The fraction of sp³-hybridized carbons (Fsp3) is 0.556. The number of carbonyl (C=O) groups is 1. The summed E-state index contributed by atoms with van der Waals surface area (Å²) < 4.78 is 5.34. The van der Waals surface area contributed by atoms with Crippen LogP contribution < -0.4 is 4.90 Å². The first-order chi connectivity index (χ1) is 6.90. The van der Waals surface area contributed by atoms with E-state index in [0.717, 1.165) is 44.1 Å². The minimum atomic E-state index is 0.685. The smallest absolute Gasteiger partial charge is 0.186 e. The molecule has 0 aromatic carbocycles. The second-order valence-corrected chi connectivity index (χ2v) is 4.16. The number of carbonyl (C=O) groups excluding carboxylic acids is 1. The SMILES string of the molecule is O=Cc1cnc(N2CCCOCC2)s1. The first-order valence-electron chi connectivity index (χ1n) is 4.64. The summed E-state index contributed by atoms with van der Waals surface area (Å²) >= 11 is 1.44. The van der Waals surface area contributed by atoms with E-state index in [9.17, 15) is 4.79 Å². The maximum Gasteiger partial charge on any atom is 0.186 e. The van der Waals surface area contributed by atoms with E-state index in [1.165, 1.54) is 11.3 Å².